The summed E-state index contributed by atoms with van der Waals surface area (Å²) >= 11 is 0. The molecule has 2 aromatic carbocycles. The first-order valence-electron chi connectivity index (χ1n) is 7.51. The first kappa shape index (κ1) is 17.5. The molecule has 6 heteroatoms. The summed E-state index contributed by atoms with van der Waals surface area (Å²) in [7, 11) is -3.22. The summed E-state index contributed by atoms with van der Waals surface area (Å²) in [6.45, 7) is 6.59. The average Bonchev–Trinajstić information content (AvgIpc) is 2.46. The number of benzene rings is 2. The van der Waals surface area contributed by atoms with Gasteiger partial charge < -0.3 is 9.26 Å². The molecule has 0 aromatic heterocycles. The van der Waals surface area contributed by atoms with E-state index < -0.39 is 19.5 Å². The zero-order chi connectivity index (χ0) is 17.0. The van der Waals surface area contributed by atoms with Crippen LogP contribution in [0.3, 0.4) is 0 Å². The van der Waals surface area contributed by atoms with Crippen molar-refractivity contribution in [3.8, 4) is 5.75 Å². The highest BCUT2D eigenvalue weighted by Crippen LogP contribution is 2.42. The summed E-state index contributed by atoms with van der Waals surface area (Å²) in [5.41, 5.74) is 0. The molecule has 5 nitrogen and oxygen atoms in total. The van der Waals surface area contributed by atoms with Gasteiger partial charge in [0.15, 0.2) is 0 Å². The minimum absolute atomic E-state index is 0.220. The number of carbonyl (C=O) groups is 1. The van der Waals surface area contributed by atoms with Crippen LogP contribution in [-0.4, -0.2) is 24.8 Å². The molecule has 0 saturated carbocycles. The molecule has 0 heterocycles. The normalized spacial score (nSPS) is 15.2. The van der Waals surface area contributed by atoms with Crippen molar-refractivity contribution < 1.29 is 18.6 Å². The average molecular weight is 335 g/mol. The molecule has 0 amide bonds. The van der Waals surface area contributed by atoms with E-state index in [0.29, 0.717) is 5.75 Å². The van der Waals surface area contributed by atoms with Gasteiger partial charge in [0.2, 0.25) is 0 Å². The fourth-order valence-corrected chi connectivity index (χ4v) is 3.62. The number of rotatable bonds is 6. The van der Waals surface area contributed by atoms with Gasteiger partial charge in [0.1, 0.15) is 11.8 Å². The molecule has 1 N–H and O–H groups in total. The fraction of sp³-hybridized carbons (Fsp3) is 0.353. The van der Waals surface area contributed by atoms with E-state index in [9.17, 15) is 9.36 Å². The fourth-order valence-electron chi connectivity index (χ4n) is 2.23. The Labute approximate surface area is 136 Å². The molecule has 2 rings (SSSR count). The van der Waals surface area contributed by atoms with Gasteiger partial charge in [-0.3, -0.25) is 9.36 Å². The van der Waals surface area contributed by atoms with Gasteiger partial charge in [-0.2, -0.15) is 0 Å². The van der Waals surface area contributed by atoms with Gasteiger partial charge in [-0.15, -0.1) is 0 Å². The number of hydrogen-bond donors (Lipinski definition) is 1. The lowest BCUT2D eigenvalue weighted by atomic mass is 10.1. The first-order chi connectivity index (χ1) is 10.8. The predicted octanol–water partition coefficient (Wildman–Crippen LogP) is 3.97. The van der Waals surface area contributed by atoms with Crippen molar-refractivity contribution in [3.05, 3.63) is 42.5 Å². The van der Waals surface area contributed by atoms with Crippen LogP contribution in [0.5, 0.6) is 5.75 Å². The number of fused-ring (bicyclic) bond motifs is 1. The highest BCUT2D eigenvalue weighted by molar-refractivity contribution is 7.56. The van der Waals surface area contributed by atoms with Gasteiger partial charge in [0.25, 0.3) is 0 Å². The van der Waals surface area contributed by atoms with E-state index in [1.165, 1.54) is 6.66 Å². The second-order valence-electron chi connectivity index (χ2n) is 5.75. The maximum atomic E-state index is 12.7. The van der Waals surface area contributed by atoms with Gasteiger partial charge in [-0.05, 0) is 32.2 Å². The second kappa shape index (κ2) is 7.16. The lowest BCUT2D eigenvalue weighted by molar-refractivity contribution is -0.149. The largest absolute Gasteiger partial charge is 0.462 e. The van der Waals surface area contributed by atoms with E-state index in [-0.39, 0.29) is 6.10 Å². The van der Waals surface area contributed by atoms with E-state index in [0.717, 1.165) is 10.8 Å². The van der Waals surface area contributed by atoms with E-state index in [4.69, 9.17) is 9.26 Å². The van der Waals surface area contributed by atoms with Crippen LogP contribution in [0.15, 0.2) is 42.5 Å². The van der Waals surface area contributed by atoms with Gasteiger partial charge in [0, 0.05) is 12.1 Å². The lowest BCUT2D eigenvalue weighted by Crippen LogP contribution is -2.35. The zero-order valence-electron chi connectivity index (χ0n) is 13.8. The number of ether oxygens (including phenoxy) is 1. The maximum absolute atomic E-state index is 12.7. The molecule has 0 bridgehead atoms. The van der Waals surface area contributed by atoms with Crippen molar-refractivity contribution in [2.45, 2.75) is 32.9 Å². The van der Waals surface area contributed by atoms with Crippen molar-refractivity contribution in [2.75, 3.05) is 6.66 Å². The third-order valence-corrected chi connectivity index (χ3v) is 4.56. The SMILES string of the molecule is CC(C)OC(=O)[C@H](C)NP(C)(=O)Oc1cccc2ccccc12. The summed E-state index contributed by atoms with van der Waals surface area (Å²) in [6.07, 6.45) is -0.220. The summed E-state index contributed by atoms with van der Waals surface area (Å²) < 4.78 is 23.5. The quantitative estimate of drug-likeness (QED) is 0.639. The molecule has 124 valence electrons. The second-order valence-corrected chi connectivity index (χ2v) is 7.88. The first-order valence-corrected chi connectivity index (χ1v) is 9.59. The Balaban J connectivity index is 2.14. The van der Waals surface area contributed by atoms with Crippen molar-refractivity contribution in [2.24, 2.45) is 0 Å². The van der Waals surface area contributed by atoms with E-state index >= 15 is 0 Å². The van der Waals surface area contributed by atoms with Gasteiger partial charge in [-0.25, -0.2) is 5.09 Å². The molecule has 0 spiro atoms. The van der Waals surface area contributed by atoms with Crippen LogP contribution in [0.4, 0.5) is 0 Å². The van der Waals surface area contributed by atoms with Crippen molar-refractivity contribution >= 4 is 24.3 Å². The molecule has 0 saturated heterocycles. The van der Waals surface area contributed by atoms with E-state index in [1.54, 1.807) is 26.8 Å². The molecule has 23 heavy (non-hydrogen) atoms. The number of esters is 1. The number of hydrogen-bond acceptors (Lipinski definition) is 4. The van der Waals surface area contributed by atoms with Crippen LogP contribution in [-0.2, 0) is 14.1 Å². The van der Waals surface area contributed by atoms with Crippen LogP contribution in [0.25, 0.3) is 10.8 Å². The third-order valence-electron chi connectivity index (χ3n) is 3.16. The Morgan fingerprint density at radius 3 is 2.43 bits per heavy atom. The maximum Gasteiger partial charge on any atom is 0.323 e. The third kappa shape index (κ3) is 4.81. The minimum Gasteiger partial charge on any atom is -0.462 e. The molecule has 2 aromatic rings. The molecular formula is C17H22NO4P. The number of nitrogens with one attached hydrogen (secondary N) is 1. The molecule has 0 aliphatic carbocycles. The number of carbonyl (C=O) groups excluding carboxylic acids is 1. The Hall–Kier alpha value is -1.84. The van der Waals surface area contributed by atoms with Crippen LogP contribution in [0, 0.1) is 0 Å². The van der Waals surface area contributed by atoms with Crippen LogP contribution < -0.4 is 9.61 Å². The van der Waals surface area contributed by atoms with Crippen LogP contribution in [0.2, 0.25) is 0 Å². The Bertz CT molecular complexity index is 739. The monoisotopic (exact) mass is 335 g/mol. The molecule has 0 aliphatic rings. The summed E-state index contributed by atoms with van der Waals surface area (Å²) in [4.78, 5) is 11.8. The molecule has 2 atom stereocenters. The minimum atomic E-state index is -3.22. The Kier molecular flexibility index (Phi) is 5.45. The highest BCUT2D eigenvalue weighted by Gasteiger charge is 2.26. The van der Waals surface area contributed by atoms with Crippen molar-refractivity contribution in [3.63, 3.8) is 0 Å². The summed E-state index contributed by atoms with van der Waals surface area (Å²) in [5.74, 6) is 0.0643. The van der Waals surface area contributed by atoms with Crippen molar-refractivity contribution in [1.82, 2.24) is 5.09 Å². The molecular weight excluding hydrogens is 313 g/mol. The summed E-state index contributed by atoms with van der Waals surface area (Å²) in [6, 6.07) is 12.5. The van der Waals surface area contributed by atoms with Gasteiger partial charge >= 0.3 is 13.5 Å². The topological polar surface area (TPSA) is 64.6 Å². The standard InChI is InChI=1S/C17H22NO4P/c1-12(2)21-17(19)13(3)18-23(4,20)22-16-11-7-9-14-8-5-6-10-15(14)16/h5-13H,1-4H3,(H,18,20)/t13-,23?/m0/s1. The Morgan fingerprint density at radius 1 is 1.09 bits per heavy atom. The molecule has 0 fully saturated rings. The molecule has 0 radical (unpaired) electrons. The highest BCUT2D eigenvalue weighted by atomic mass is 31.2. The van der Waals surface area contributed by atoms with Gasteiger partial charge in [0.05, 0.1) is 6.10 Å². The van der Waals surface area contributed by atoms with E-state index in [2.05, 4.69) is 5.09 Å². The predicted molar refractivity (Wildman–Crippen MR) is 91.9 cm³/mol. The molecule has 1 unspecified atom stereocenters. The lowest BCUT2D eigenvalue weighted by Gasteiger charge is -2.21. The molecule has 0 aliphatic heterocycles. The zero-order valence-corrected chi connectivity index (χ0v) is 14.7. The van der Waals surface area contributed by atoms with Crippen LogP contribution >= 0.6 is 7.52 Å². The van der Waals surface area contributed by atoms with Crippen molar-refractivity contribution in [1.29, 1.82) is 0 Å². The smallest absolute Gasteiger partial charge is 0.323 e. The van der Waals surface area contributed by atoms with Crippen LogP contribution in [0.1, 0.15) is 20.8 Å². The Morgan fingerprint density at radius 2 is 1.74 bits per heavy atom. The van der Waals surface area contributed by atoms with Gasteiger partial charge in [-0.1, -0.05) is 36.4 Å². The summed E-state index contributed by atoms with van der Waals surface area (Å²) in [5, 5.41) is 4.60. The van der Waals surface area contributed by atoms with E-state index in [1.807, 2.05) is 36.4 Å².